The van der Waals surface area contributed by atoms with E-state index in [2.05, 4.69) is 18.9 Å². The molecule has 3 rings (SSSR count). The lowest BCUT2D eigenvalue weighted by Crippen LogP contribution is -2.42. The highest BCUT2D eigenvalue weighted by Gasteiger charge is 2.43. The molecule has 0 N–H and O–H groups in total. The maximum absolute atomic E-state index is 13.4. The molecule has 3 heteroatoms. The van der Waals surface area contributed by atoms with Gasteiger partial charge in [-0.1, -0.05) is 67.6 Å². The smallest absolute Gasteiger partial charge is 0.321 e. The Bertz CT molecular complexity index is 636. The third-order valence-electron chi connectivity index (χ3n) is 5.35. The van der Waals surface area contributed by atoms with Crippen LogP contribution in [0.25, 0.3) is 0 Å². The van der Waals surface area contributed by atoms with Crippen LogP contribution in [0.15, 0.2) is 60.7 Å². The van der Waals surface area contributed by atoms with Gasteiger partial charge >= 0.3 is 5.97 Å². The standard InChI is InChI=1S/C22H27NO2/c1-3-22(18-10-6-4-7-11-18,19-12-8-5-9-13-19)21(24)25-20-14-16-23(2)17-15-20/h4-13,20H,3,14-17H2,1-2H3. The molecular weight excluding hydrogens is 310 g/mol. The van der Waals surface area contributed by atoms with Gasteiger partial charge in [-0.3, -0.25) is 4.79 Å². The van der Waals surface area contributed by atoms with Crippen molar-refractivity contribution in [3.63, 3.8) is 0 Å². The van der Waals surface area contributed by atoms with Crippen molar-refractivity contribution in [1.29, 1.82) is 0 Å². The van der Waals surface area contributed by atoms with Gasteiger partial charge in [0.15, 0.2) is 0 Å². The Hall–Kier alpha value is -2.13. The summed E-state index contributed by atoms with van der Waals surface area (Å²) < 4.78 is 6.04. The lowest BCUT2D eigenvalue weighted by atomic mass is 9.72. The molecule has 0 aliphatic carbocycles. The minimum Gasteiger partial charge on any atom is -0.461 e. The summed E-state index contributed by atoms with van der Waals surface area (Å²) in [4.78, 5) is 15.7. The Balaban J connectivity index is 1.95. The minimum absolute atomic E-state index is 0.0158. The number of benzene rings is 2. The van der Waals surface area contributed by atoms with Crippen LogP contribution < -0.4 is 0 Å². The number of ether oxygens (including phenoxy) is 1. The molecule has 25 heavy (non-hydrogen) atoms. The molecular formula is C22H27NO2. The molecule has 132 valence electrons. The number of esters is 1. The predicted molar refractivity (Wildman–Crippen MR) is 101 cm³/mol. The van der Waals surface area contributed by atoms with Gasteiger partial charge in [-0.25, -0.2) is 0 Å². The quantitative estimate of drug-likeness (QED) is 0.772. The molecule has 3 nitrogen and oxygen atoms in total. The molecule has 0 spiro atoms. The van der Waals surface area contributed by atoms with E-state index in [-0.39, 0.29) is 12.1 Å². The molecule has 2 aromatic carbocycles. The maximum Gasteiger partial charge on any atom is 0.321 e. The van der Waals surface area contributed by atoms with Crippen LogP contribution in [0.3, 0.4) is 0 Å². The van der Waals surface area contributed by atoms with E-state index in [0.29, 0.717) is 6.42 Å². The lowest BCUT2D eigenvalue weighted by molar-refractivity contribution is -0.156. The van der Waals surface area contributed by atoms with Crippen molar-refractivity contribution in [3.05, 3.63) is 71.8 Å². The van der Waals surface area contributed by atoms with Crippen LogP contribution in [-0.4, -0.2) is 37.1 Å². The summed E-state index contributed by atoms with van der Waals surface area (Å²) in [6.45, 7) is 4.03. The fraction of sp³-hybridized carbons (Fsp3) is 0.409. The third kappa shape index (κ3) is 3.62. The first-order chi connectivity index (χ1) is 12.2. The fourth-order valence-electron chi connectivity index (χ4n) is 3.76. The van der Waals surface area contributed by atoms with E-state index in [1.54, 1.807) is 0 Å². The van der Waals surface area contributed by atoms with E-state index in [9.17, 15) is 4.79 Å². The van der Waals surface area contributed by atoms with E-state index in [1.807, 2.05) is 60.7 Å². The SMILES string of the molecule is CCC(C(=O)OC1CCN(C)CC1)(c1ccccc1)c1ccccc1. The first-order valence-electron chi connectivity index (χ1n) is 9.17. The van der Waals surface area contributed by atoms with Crippen molar-refractivity contribution in [1.82, 2.24) is 4.90 Å². The number of hydrogen-bond donors (Lipinski definition) is 0. The Morgan fingerprint density at radius 2 is 1.48 bits per heavy atom. The van der Waals surface area contributed by atoms with Gasteiger partial charge in [0, 0.05) is 13.1 Å². The van der Waals surface area contributed by atoms with Crippen LogP contribution in [0.2, 0.25) is 0 Å². The highest BCUT2D eigenvalue weighted by molar-refractivity contribution is 5.87. The summed E-state index contributed by atoms with van der Waals surface area (Å²) in [5, 5.41) is 0. The molecule has 1 fully saturated rings. The Morgan fingerprint density at radius 1 is 1.00 bits per heavy atom. The zero-order valence-corrected chi connectivity index (χ0v) is 15.2. The summed E-state index contributed by atoms with van der Waals surface area (Å²) in [6, 6.07) is 20.1. The first-order valence-corrected chi connectivity index (χ1v) is 9.17. The number of likely N-dealkylation sites (tertiary alicyclic amines) is 1. The molecule has 1 aliphatic rings. The largest absolute Gasteiger partial charge is 0.461 e. The molecule has 1 heterocycles. The Labute approximate surface area is 150 Å². The topological polar surface area (TPSA) is 29.5 Å². The zero-order valence-electron chi connectivity index (χ0n) is 15.2. The lowest BCUT2D eigenvalue weighted by Gasteiger charge is -2.35. The predicted octanol–water partition coefficient (Wildman–Crippen LogP) is 4.02. The highest BCUT2D eigenvalue weighted by atomic mass is 16.5. The van der Waals surface area contributed by atoms with Gasteiger partial charge < -0.3 is 9.64 Å². The summed E-state index contributed by atoms with van der Waals surface area (Å²) in [5.41, 5.74) is 1.26. The Kier molecular flexibility index (Phi) is 5.54. The summed E-state index contributed by atoms with van der Waals surface area (Å²) >= 11 is 0. The van der Waals surface area contributed by atoms with Gasteiger partial charge in [0.25, 0.3) is 0 Å². The first kappa shape index (κ1) is 17.7. The average molecular weight is 337 g/mol. The van der Waals surface area contributed by atoms with Crippen LogP contribution in [0.1, 0.15) is 37.3 Å². The second kappa shape index (κ2) is 7.83. The van der Waals surface area contributed by atoms with Crippen LogP contribution in [-0.2, 0) is 14.9 Å². The van der Waals surface area contributed by atoms with Crippen molar-refractivity contribution < 1.29 is 9.53 Å². The van der Waals surface area contributed by atoms with Gasteiger partial charge in [0.05, 0.1) is 0 Å². The molecule has 0 radical (unpaired) electrons. The number of carbonyl (C=O) groups excluding carboxylic acids is 1. The highest BCUT2D eigenvalue weighted by Crippen LogP contribution is 2.37. The number of hydrogen-bond acceptors (Lipinski definition) is 3. The number of nitrogens with zero attached hydrogens (tertiary/aromatic N) is 1. The summed E-state index contributed by atoms with van der Waals surface area (Å²) in [7, 11) is 2.11. The van der Waals surface area contributed by atoms with Gasteiger partial charge in [0.1, 0.15) is 11.5 Å². The van der Waals surface area contributed by atoms with Crippen LogP contribution >= 0.6 is 0 Å². The van der Waals surface area contributed by atoms with Crippen molar-refractivity contribution in [2.45, 2.75) is 37.7 Å². The van der Waals surface area contributed by atoms with E-state index in [4.69, 9.17) is 4.74 Å². The minimum atomic E-state index is -0.744. The molecule has 1 aliphatic heterocycles. The van der Waals surface area contributed by atoms with Crippen molar-refractivity contribution in [2.24, 2.45) is 0 Å². The van der Waals surface area contributed by atoms with Gasteiger partial charge in [0.2, 0.25) is 0 Å². The molecule has 2 aromatic rings. The third-order valence-corrected chi connectivity index (χ3v) is 5.35. The molecule has 0 unspecified atom stereocenters. The second-order valence-electron chi connectivity index (χ2n) is 6.90. The van der Waals surface area contributed by atoms with Crippen LogP contribution in [0, 0.1) is 0 Å². The normalized spacial score (nSPS) is 16.6. The van der Waals surface area contributed by atoms with Gasteiger partial charge in [-0.15, -0.1) is 0 Å². The molecule has 0 aromatic heterocycles. The van der Waals surface area contributed by atoms with E-state index < -0.39 is 5.41 Å². The Morgan fingerprint density at radius 3 is 1.92 bits per heavy atom. The van der Waals surface area contributed by atoms with Crippen molar-refractivity contribution in [3.8, 4) is 0 Å². The average Bonchev–Trinajstić information content (AvgIpc) is 2.66. The molecule has 0 amide bonds. The van der Waals surface area contributed by atoms with Gasteiger partial charge in [-0.2, -0.15) is 0 Å². The summed E-state index contributed by atoms with van der Waals surface area (Å²) in [6.07, 6.45) is 2.51. The molecule has 0 bridgehead atoms. The fourth-order valence-corrected chi connectivity index (χ4v) is 3.76. The van der Waals surface area contributed by atoms with Crippen LogP contribution in [0.4, 0.5) is 0 Å². The maximum atomic E-state index is 13.4. The van der Waals surface area contributed by atoms with E-state index in [0.717, 1.165) is 37.1 Å². The number of carbonyl (C=O) groups is 1. The number of rotatable bonds is 5. The molecule has 1 saturated heterocycles. The number of piperidine rings is 1. The van der Waals surface area contributed by atoms with Gasteiger partial charge in [-0.05, 0) is 37.4 Å². The van der Waals surface area contributed by atoms with Crippen LogP contribution in [0.5, 0.6) is 0 Å². The second-order valence-corrected chi connectivity index (χ2v) is 6.90. The van der Waals surface area contributed by atoms with Crippen molar-refractivity contribution >= 4 is 5.97 Å². The zero-order chi connectivity index (χ0) is 17.7. The summed E-state index contributed by atoms with van der Waals surface area (Å²) in [5.74, 6) is -0.123. The molecule has 0 atom stereocenters. The van der Waals surface area contributed by atoms with E-state index in [1.165, 1.54) is 0 Å². The van der Waals surface area contributed by atoms with Crippen molar-refractivity contribution in [2.75, 3.05) is 20.1 Å². The van der Waals surface area contributed by atoms with E-state index >= 15 is 0 Å². The monoisotopic (exact) mass is 337 g/mol. The molecule has 0 saturated carbocycles.